The molecule has 0 saturated carbocycles. The number of hydrogen-bond donors (Lipinski definition) is 1. The average Bonchev–Trinajstić information content (AvgIpc) is 2.21. The quantitative estimate of drug-likeness (QED) is 0.754. The fourth-order valence-corrected chi connectivity index (χ4v) is 1.78. The van der Waals surface area contributed by atoms with Gasteiger partial charge in [0.2, 0.25) is 0 Å². The topological polar surface area (TPSA) is 12.0 Å². The molecule has 0 bridgehead atoms. The molecule has 1 N–H and O–H groups in total. The third-order valence-electron chi connectivity index (χ3n) is 2.81. The molecule has 0 saturated heterocycles. The number of allylic oxidation sites excluding steroid dienone is 1. The fourth-order valence-electron chi connectivity index (χ4n) is 1.78. The summed E-state index contributed by atoms with van der Waals surface area (Å²) < 4.78 is 0. The summed E-state index contributed by atoms with van der Waals surface area (Å²) in [6, 6.07) is 7.04. The summed E-state index contributed by atoms with van der Waals surface area (Å²) in [5, 5.41) is 3.50. The van der Waals surface area contributed by atoms with E-state index in [0.29, 0.717) is 6.04 Å². The lowest BCUT2D eigenvalue weighted by molar-refractivity contribution is 0.644. The van der Waals surface area contributed by atoms with Crippen molar-refractivity contribution in [3.05, 3.63) is 46.5 Å². The van der Waals surface area contributed by atoms with E-state index in [0.717, 1.165) is 6.54 Å². The molecule has 0 fully saturated rings. The summed E-state index contributed by atoms with van der Waals surface area (Å²) in [5.41, 5.74) is 5.43. The Labute approximate surface area is 99.6 Å². The van der Waals surface area contributed by atoms with Crippen molar-refractivity contribution in [3.63, 3.8) is 0 Å². The molecule has 0 aromatic heterocycles. The van der Waals surface area contributed by atoms with E-state index in [1.807, 2.05) is 0 Å². The van der Waals surface area contributed by atoms with Gasteiger partial charge in [-0.15, -0.1) is 0 Å². The summed E-state index contributed by atoms with van der Waals surface area (Å²) in [6.45, 7) is 11.7. The van der Waals surface area contributed by atoms with Crippen LogP contribution in [0.15, 0.2) is 29.8 Å². The van der Waals surface area contributed by atoms with Gasteiger partial charge >= 0.3 is 0 Å². The summed E-state index contributed by atoms with van der Waals surface area (Å²) >= 11 is 0. The van der Waals surface area contributed by atoms with Gasteiger partial charge in [-0.3, -0.25) is 0 Å². The predicted molar refractivity (Wildman–Crippen MR) is 71.8 cm³/mol. The van der Waals surface area contributed by atoms with Gasteiger partial charge < -0.3 is 5.32 Å². The molecule has 0 aliphatic heterocycles. The minimum Gasteiger partial charge on any atom is -0.307 e. The van der Waals surface area contributed by atoms with E-state index in [1.165, 1.54) is 22.3 Å². The summed E-state index contributed by atoms with van der Waals surface area (Å²) in [7, 11) is 0. The Morgan fingerprint density at radius 3 is 2.44 bits per heavy atom. The smallest absolute Gasteiger partial charge is 0.0508 e. The van der Waals surface area contributed by atoms with Crippen LogP contribution < -0.4 is 5.32 Å². The lowest BCUT2D eigenvalue weighted by atomic mass is 9.99. The Morgan fingerprint density at radius 2 is 1.94 bits per heavy atom. The van der Waals surface area contributed by atoms with Crippen molar-refractivity contribution in [1.82, 2.24) is 5.32 Å². The highest BCUT2D eigenvalue weighted by molar-refractivity contribution is 5.33. The van der Waals surface area contributed by atoms with Crippen LogP contribution in [0.5, 0.6) is 0 Å². The number of likely N-dealkylation sites (N-methyl/N-ethyl adjacent to an activating group) is 1. The molecule has 0 aliphatic carbocycles. The second kappa shape index (κ2) is 5.86. The molecule has 1 rings (SSSR count). The van der Waals surface area contributed by atoms with E-state index in [1.54, 1.807) is 0 Å². The molecule has 1 nitrogen and oxygen atoms in total. The van der Waals surface area contributed by atoms with E-state index in [9.17, 15) is 0 Å². The molecule has 0 amide bonds. The molecular weight excluding hydrogens is 194 g/mol. The number of aryl methyl sites for hydroxylation is 2. The third kappa shape index (κ3) is 3.49. The Balaban J connectivity index is 3.01. The molecule has 1 unspecified atom stereocenters. The first-order chi connectivity index (χ1) is 7.54. The van der Waals surface area contributed by atoms with Gasteiger partial charge in [0, 0.05) is 0 Å². The largest absolute Gasteiger partial charge is 0.307 e. The number of nitrogens with one attached hydrogen (secondary N) is 1. The lowest BCUT2D eigenvalue weighted by Crippen LogP contribution is -2.19. The van der Waals surface area contributed by atoms with Gasteiger partial charge in [0.05, 0.1) is 6.04 Å². The van der Waals surface area contributed by atoms with Crippen LogP contribution in [0.4, 0.5) is 0 Å². The summed E-state index contributed by atoms with van der Waals surface area (Å²) in [6.07, 6.45) is 2.29. The maximum atomic E-state index is 3.50. The third-order valence-corrected chi connectivity index (χ3v) is 2.81. The van der Waals surface area contributed by atoms with Crippen molar-refractivity contribution >= 4 is 0 Å². The van der Waals surface area contributed by atoms with Gasteiger partial charge in [0.1, 0.15) is 0 Å². The number of rotatable bonds is 4. The Morgan fingerprint density at radius 1 is 1.25 bits per heavy atom. The van der Waals surface area contributed by atoms with Crippen LogP contribution in [-0.4, -0.2) is 6.54 Å². The van der Waals surface area contributed by atoms with E-state index < -0.39 is 0 Å². The van der Waals surface area contributed by atoms with E-state index in [4.69, 9.17) is 0 Å². The van der Waals surface area contributed by atoms with Crippen LogP contribution in [-0.2, 0) is 0 Å². The van der Waals surface area contributed by atoms with Crippen LogP contribution >= 0.6 is 0 Å². The molecule has 1 aromatic rings. The van der Waals surface area contributed by atoms with Gasteiger partial charge in [0.25, 0.3) is 0 Å². The highest BCUT2D eigenvalue weighted by atomic mass is 14.9. The highest BCUT2D eigenvalue weighted by Gasteiger charge is 2.07. The minimum atomic E-state index is 0.342. The van der Waals surface area contributed by atoms with Crippen LogP contribution in [0, 0.1) is 13.8 Å². The van der Waals surface area contributed by atoms with Gasteiger partial charge in [-0.2, -0.15) is 0 Å². The van der Waals surface area contributed by atoms with Crippen LogP contribution in [0.3, 0.4) is 0 Å². The summed E-state index contributed by atoms with van der Waals surface area (Å²) in [4.78, 5) is 0. The molecule has 0 spiro atoms. The molecular formula is C15H23N. The monoisotopic (exact) mass is 217 g/mol. The number of benzene rings is 1. The zero-order valence-corrected chi connectivity index (χ0v) is 11.1. The second-order valence-corrected chi connectivity index (χ2v) is 4.62. The summed E-state index contributed by atoms with van der Waals surface area (Å²) in [5.74, 6) is 0. The zero-order chi connectivity index (χ0) is 12.1. The molecule has 1 heteroatoms. The number of hydrogen-bond acceptors (Lipinski definition) is 1. The molecule has 0 heterocycles. The van der Waals surface area contributed by atoms with Crippen molar-refractivity contribution in [3.8, 4) is 0 Å². The highest BCUT2D eigenvalue weighted by Crippen LogP contribution is 2.19. The predicted octanol–water partition coefficient (Wildman–Crippen LogP) is 3.92. The van der Waals surface area contributed by atoms with E-state index >= 15 is 0 Å². The Kier molecular flexibility index (Phi) is 4.75. The minimum absolute atomic E-state index is 0.342. The van der Waals surface area contributed by atoms with Gasteiger partial charge in [-0.1, -0.05) is 36.8 Å². The molecule has 1 aromatic carbocycles. The molecule has 88 valence electrons. The van der Waals surface area contributed by atoms with Crippen molar-refractivity contribution in [2.24, 2.45) is 0 Å². The zero-order valence-electron chi connectivity index (χ0n) is 11.1. The van der Waals surface area contributed by atoms with Crippen molar-refractivity contribution in [2.45, 2.75) is 40.7 Å². The standard InChI is InChI=1S/C15H23N/c1-6-16-15(9-11(2)3)14-8-7-12(4)13(5)10-14/h7-10,15-16H,6H2,1-5H3. The molecule has 0 aliphatic rings. The first kappa shape index (κ1) is 13.0. The molecule has 1 atom stereocenters. The first-order valence-electron chi connectivity index (χ1n) is 6.00. The van der Waals surface area contributed by atoms with Crippen LogP contribution in [0.1, 0.15) is 43.5 Å². The van der Waals surface area contributed by atoms with E-state index in [2.05, 4.69) is 64.2 Å². The SMILES string of the molecule is CCNC(C=C(C)C)c1ccc(C)c(C)c1. The van der Waals surface area contributed by atoms with Crippen molar-refractivity contribution < 1.29 is 0 Å². The maximum Gasteiger partial charge on any atom is 0.0508 e. The van der Waals surface area contributed by atoms with Gasteiger partial charge in [-0.05, 0) is 50.9 Å². The second-order valence-electron chi connectivity index (χ2n) is 4.62. The first-order valence-corrected chi connectivity index (χ1v) is 6.00. The van der Waals surface area contributed by atoms with Gasteiger partial charge in [-0.25, -0.2) is 0 Å². The average molecular weight is 217 g/mol. The lowest BCUT2D eigenvalue weighted by Gasteiger charge is -2.16. The van der Waals surface area contributed by atoms with Crippen molar-refractivity contribution in [1.29, 1.82) is 0 Å². The maximum absolute atomic E-state index is 3.50. The van der Waals surface area contributed by atoms with Crippen LogP contribution in [0.2, 0.25) is 0 Å². The van der Waals surface area contributed by atoms with Crippen molar-refractivity contribution in [2.75, 3.05) is 6.54 Å². The van der Waals surface area contributed by atoms with Crippen LogP contribution in [0.25, 0.3) is 0 Å². The molecule has 0 radical (unpaired) electrons. The molecule has 16 heavy (non-hydrogen) atoms. The van der Waals surface area contributed by atoms with Gasteiger partial charge in [0.15, 0.2) is 0 Å². The normalized spacial score (nSPS) is 12.3. The van der Waals surface area contributed by atoms with E-state index in [-0.39, 0.29) is 0 Å². The Bertz CT molecular complexity index is 373. The Hall–Kier alpha value is -1.08. The fraction of sp³-hybridized carbons (Fsp3) is 0.467.